The predicted octanol–water partition coefficient (Wildman–Crippen LogP) is 2.16. The Balaban J connectivity index is 1.75. The molecule has 4 rings (SSSR count). The highest BCUT2D eigenvalue weighted by molar-refractivity contribution is 7.99. The Morgan fingerprint density at radius 2 is 2.28 bits per heavy atom. The van der Waals surface area contributed by atoms with Gasteiger partial charge in [-0.2, -0.15) is 0 Å². The molecule has 1 aliphatic rings. The Bertz CT molecular complexity index is 701. The highest BCUT2D eigenvalue weighted by Gasteiger charge is 2.28. The van der Waals surface area contributed by atoms with Gasteiger partial charge in [0.05, 0.1) is 6.04 Å². The van der Waals surface area contributed by atoms with Crippen molar-refractivity contribution in [2.24, 2.45) is 0 Å². The van der Waals surface area contributed by atoms with Crippen LogP contribution in [0, 0.1) is 0 Å². The van der Waals surface area contributed by atoms with E-state index in [-0.39, 0.29) is 0 Å². The zero-order chi connectivity index (χ0) is 11.9. The second-order valence-corrected chi connectivity index (χ2v) is 5.91. The smallest absolute Gasteiger partial charge is 0.215 e. The van der Waals surface area contributed by atoms with Gasteiger partial charge in [-0.3, -0.25) is 0 Å². The lowest BCUT2D eigenvalue weighted by Crippen LogP contribution is -1.98. The molecule has 0 unspecified atom stereocenters. The Hall–Kier alpha value is -1.54. The highest BCUT2D eigenvalue weighted by Crippen LogP contribution is 2.38. The van der Waals surface area contributed by atoms with Crippen LogP contribution in [0.2, 0.25) is 0 Å². The van der Waals surface area contributed by atoms with E-state index in [0.717, 1.165) is 33.2 Å². The molecule has 0 aliphatic heterocycles. The van der Waals surface area contributed by atoms with Crippen LogP contribution in [0.1, 0.15) is 18.9 Å². The molecule has 1 saturated carbocycles. The van der Waals surface area contributed by atoms with Crippen LogP contribution in [0.25, 0.3) is 10.2 Å². The van der Waals surface area contributed by atoms with Crippen LogP contribution >= 0.6 is 23.1 Å². The zero-order valence-electron chi connectivity index (χ0n) is 9.22. The van der Waals surface area contributed by atoms with E-state index in [1.807, 2.05) is 16.1 Å². The van der Waals surface area contributed by atoms with E-state index in [0.29, 0.717) is 6.04 Å². The van der Waals surface area contributed by atoms with Crippen LogP contribution in [-0.2, 0) is 0 Å². The lowest BCUT2D eigenvalue weighted by Gasteiger charge is -2.02. The summed E-state index contributed by atoms with van der Waals surface area (Å²) in [4.78, 5) is 9.56. The molecule has 6 nitrogen and oxygen atoms in total. The van der Waals surface area contributed by atoms with Crippen molar-refractivity contribution in [3.05, 3.63) is 17.8 Å². The van der Waals surface area contributed by atoms with E-state index in [9.17, 15) is 0 Å². The van der Waals surface area contributed by atoms with Crippen molar-refractivity contribution in [2.45, 2.75) is 29.1 Å². The molecular formula is C10H8N6S2. The fraction of sp³-hybridized carbons (Fsp3) is 0.300. The largest absolute Gasteiger partial charge is 0.229 e. The molecule has 0 spiro atoms. The van der Waals surface area contributed by atoms with Gasteiger partial charge in [-0.25, -0.2) is 14.6 Å². The Morgan fingerprint density at radius 3 is 3.17 bits per heavy atom. The van der Waals surface area contributed by atoms with Gasteiger partial charge in [-0.1, -0.05) is 0 Å². The maximum Gasteiger partial charge on any atom is 0.215 e. The van der Waals surface area contributed by atoms with Crippen LogP contribution in [0.4, 0.5) is 0 Å². The van der Waals surface area contributed by atoms with Gasteiger partial charge in [-0.15, -0.1) is 16.4 Å². The lowest BCUT2D eigenvalue weighted by molar-refractivity contribution is 0.565. The summed E-state index contributed by atoms with van der Waals surface area (Å²) in [6, 6.07) is 2.51. The molecule has 0 amide bonds. The Labute approximate surface area is 110 Å². The van der Waals surface area contributed by atoms with Crippen LogP contribution in [0.15, 0.2) is 28.0 Å². The first-order chi connectivity index (χ1) is 8.92. The van der Waals surface area contributed by atoms with Gasteiger partial charge in [-0.05, 0) is 46.5 Å². The maximum atomic E-state index is 4.32. The molecule has 8 heteroatoms. The summed E-state index contributed by atoms with van der Waals surface area (Å²) in [6.07, 6.45) is 3.92. The molecule has 3 aromatic rings. The van der Waals surface area contributed by atoms with Crippen molar-refractivity contribution < 1.29 is 0 Å². The van der Waals surface area contributed by atoms with Gasteiger partial charge in [0.2, 0.25) is 5.16 Å². The number of fused-ring (bicyclic) bond motifs is 1. The van der Waals surface area contributed by atoms with Crippen molar-refractivity contribution >= 4 is 33.3 Å². The van der Waals surface area contributed by atoms with Crippen LogP contribution in [-0.4, -0.2) is 30.2 Å². The average molecular weight is 276 g/mol. The number of hydrogen-bond acceptors (Lipinski definition) is 7. The van der Waals surface area contributed by atoms with Crippen LogP contribution in [0.5, 0.6) is 0 Å². The van der Waals surface area contributed by atoms with Gasteiger partial charge in [0.25, 0.3) is 0 Å². The summed E-state index contributed by atoms with van der Waals surface area (Å²) in [5, 5.41) is 16.7. The minimum Gasteiger partial charge on any atom is -0.229 e. The summed E-state index contributed by atoms with van der Waals surface area (Å²) >= 11 is 3.12. The van der Waals surface area contributed by atoms with Gasteiger partial charge in [0.1, 0.15) is 16.2 Å². The van der Waals surface area contributed by atoms with Gasteiger partial charge in [0, 0.05) is 5.39 Å². The zero-order valence-corrected chi connectivity index (χ0v) is 10.9. The van der Waals surface area contributed by atoms with Crippen molar-refractivity contribution in [3.63, 3.8) is 0 Å². The SMILES string of the molecule is c1nc(Sc2nnnn2C2CC2)c2ccsc2n1. The molecule has 1 fully saturated rings. The first kappa shape index (κ1) is 10.4. The molecule has 0 atom stereocenters. The molecule has 0 saturated heterocycles. The predicted molar refractivity (Wildman–Crippen MR) is 67.6 cm³/mol. The van der Waals surface area contributed by atoms with Crippen LogP contribution < -0.4 is 0 Å². The van der Waals surface area contributed by atoms with Gasteiger partial charge >= 0.3 is 0 Å². The molecule has 1 aliphatic carbocycles. The topological polar surface area (TPSA) is 69.4 Å². The average Bonchev–Trinajstić information content (AvgIpc) is 2.93. The minimum atomic E-state index is 0.474. The van der Waals surface area contributed by atoms with Crippen molar-refractivity contribution in [3.8, 4) is 0 Å². The summed E-state index contributed by atoms with van der Waals surface area (Å²) in [5.41, 5.74) is 0. The molecule has 3 aromatic heterocycles. The van der Waals surface area contributed by atoms with E-state index in [1.165, 1.54) is 11.8 Å². The normalized spacial score (nSPS) is 15.3. The first-order valence-electron chi connectivity index (χ1n) is 5.56. The summed E-state index contributed by atoms with van der Waals surface area (Å²) < 4.78 is 1.89. The monoisotopic (exact) mass is 276 g/mol. The molecule has 0 radical (unpaired) electrons. The molecule has 90 valence electrons. The maximum absolute atomic E-state index is 4.32. The number of thiophene rings is 1. The van der Waals surface area contributed by atoms with Gasteiger partial charge < -0.3 is 0 Å². The summed E-state index contributed by atoms with van der Waals surface area (Å²) in [6.45, 7) is 0. The molecule has 18 heavy (non-hydrogen) atoms. The van der Waals surface area contributed by atoms with Crippen molar-refractivity contribution in [2.75, 3.05) is 0 Å². The second-order valence-electron chi connectivity index (χ2n) is 4.06. The third-order valence-electron chi connectivity index (χ3n) is 2.77. The number of hydrogen-bond donors (Lipinski definition) is 0. The molecular weight excluding hydrogens is 268 g/mol. The molecule has 3 heterocycles. The highest BCUT2D eigenvalue weighted by atomic mass is 32.2. The Kier molecular flexibility index (Phi) is 2.30. The third-order valence-corrected chi connectivity index (χ3v) is 4.56. The number of nitrogens with zero attached hydrogens (tertiary/aromatic N) is 6. The van der Waals surface area contributed by atoms with E-state index in [2.05, 4.69) is 25.5 Å². The van der Waals surface area contributed by atoms with E-state index < -0.39 is 0 Å². The molecule has 0 aromatic carbocycles. The van der Waals surface area contributed by atoms with E-state index >= 15 is 0 Å². The molecule has 0 bridgehead atoms. The van der Waals surface area contributed by atoms with E-state index in [4.69, 9.17) is 0 Å². The standard InChI is InChI=1S/C10H8N6S2/c1-2-6(1)16-10(13-14-15-16)18-9-7-3-4-17-8(7)11-5-12-9/h3-6H,1-2H2. The number of aromatic nitrogens is 6. The first-order valence-corrected chi connectivity index (χ1v) is 7.25. The minimum absolute atomic E-state index is 0.474. The number of rotatable bonds is 3. The summed E-state index contributed by atoms with van der Waals surface area (Å²) in [5.74, 6) is 0. The molecule has 0 N–H and O–H groups in total. The van der Waals surface area contributed by atoms with Crippen molar-refractivity contribution in [1.29, 1.82) is 0 Å². The quantitative estimate of drug-likeness (QED) is 0.683. The second kappa shape index (κ2) is 3.99. The summed E-state index contributed by atoms with van der Waals surface area (Å²) in [7, 11) is 0. The fourth-order valence-electron chi connectivity index (χ4n) is 1.74. The van der Waals surface area contributed by atoms with E-state index in [1.54, 1.807) is 17.7 Å². The third kappa shape index (κ3) is 1.68. The lowest BCUT2D eigenvalue weighted by atomic mass is 10.4. The fourth-order valence-corrected chi connectivity index (χ4v) is 3.44. The van der Waals surface area contributed by atoms with Crippen LogP contribution in [0.3, 0.4) is 0 Å². The Morgan fingerprint density at radius 1 is 1.33 bits per heavy atom. The number of tetrazole rings is 1. The van der Waals surface area contributed by atoms with Crippen molar-refractivity contribution in [1.82, 2.24) is 30.2 Å². The van der Waals surface area contributed by atoms with Gasteiger partial charge in [0.15, 0.2) is 0 Å².